The molecule has 0 bridgehead atoms. The quantitative estimate of drug-likeness (QED) is 0.526. The minimum absolute atomic E-state index is 0.0259. The summed E-state index contributed by atoms with van der Waals surface area (Å²) in [7, 11) is 1.84. The van der Waals surface area contributed by atoms with Crippen molar-refractivity contribution in [1.82, 2.24) is 29.5 Å². The van der Waals surface area contributed by atoms with Crippen molar-refractivity contribution in [2.75, 3.05) is 0 Å². The van der Waals surface area contributed by atoms with E-state index in [9.17, 15) is 4.79 Å². The van der Waals surface area contributed by atoms with E-state index in [1.807, 2.05) is 31.4 Å². The lowest BCUT2D eigenvalue weighted by Gasteiger charge is -2.02. The lowest BCUT2D eigenvalue weighted by Crippen LogP contribution is -2.14. The smallest absolute Gasteiger partial charge is 0.225 e. The molecule has 27 heavy (non-hydrogen) atoms. The van der Waals surface area contributed by atoms with Crippen molar-refractivity contribution < 1.29 is 4.79 Å². The Labute approximate surface area is 159 Å². The van der Waals surface area contributed by atoms with Gasteiger partial charge in [0, 0.05) is 13.5 Å². The topological polar surface area (TPSA) is 105 Å². The van der Waals surface area contributed by atoms with Crippen LogP contribution in [-0.4, -0.2) is 35.4 Å². The second-order valence-corrected chi connectivity index (χ2v) is 7.42. The Morgan fingerprint density at radius 2 is 2.07 bits per heavy atom. The van der Waals surface area contributed by atoms with E-state index in [0.717, 1.165) is 41.3 Å². The maximum Gasteiger partial charge on any atom is 0.225 e. The highest BCUT2D eigenvalue weighted by atomic mass is 32.1. The summed E-state index contributed by atoms with van der Waals surface area (Å²) < 4.78 is 4.65. The van der Waals surface area contributed by atoms with Gasteiger partial charge in [0.25, 0.3) is 0 Å². The Hall–Kier alpha value is -3.07. The number of hydrogen-bond donors (Lipinski definition) is 1. The predicted octanol–water partition coefficient (Wildman–Crippen LogP) is 1.81. The molecule has 4 rings (SSSR count). The van der Waals surface area contributed by atoms with Crippen LogP contribution in [0.4, 0.5) is 0 Å². The number of nitrogens with two attached hydrogens (primary N) is 1. The molecule has 0 saturated heterocycles. The van der Waals surface area contributed by atoms with Gasteiger partial charge in [0.2, 0.25) is 5.91 Å². The average Bonchev–Trinajstić information content (AvgIpc) is 3.32. The SMILES string of the molecule is Cn1cc(-n2nc(CC(N)=O)nc2CCCc2nc3ccccc3s2)cn1. The first kappa shape index (κ1) is 17.3. The number of hydrogen-bond acceptors (Lipinski definition) is 6. The van der Waals surface area contributed by atoms with Gasteiger partial charge in [-0.1, -0.05) is 12.1 Å². The largest absolute Gasteiger partial charge is 0.369 e. The zero-order valence-corrected chi connectivity index (χ0v) is 15.7. The summed E-state index contributed by atoms with van der Waals surface area (Å²) in [5.74, 6) is 0.779. The molecule has 0 fully saturated rings. The lowest BCUT2D eigenvalue weighted by molar-refractivity contribution is -0.117. The lowest BCUT2D eigenvalue weighted by atomic mass is 10.2. The number of amides is 1. The van der Waals surface area contributed by atoms with Crippen molar-refractivity contribution >= 4 is 27.5 Å². The number of para-hydroxylation sites is 1. The van der Waals surface area contributed by atoms with E-state index >= 15 is 0 Å². The molecule has 0 aliphatic heterocycles. The van der Waals surface area contributed by atoms with Gasteiger partial charge in [-0.2, -0.15) is 10.2 Å². The van der Waals surface area contributed by atoms with E-state index in [-0.39, 0.29) is 6.42 Å². The van der Waals surface area contributed by atoms with Crippen LogP contribution in [0.25, 0.3) is 15.9 Å². The summed E-state index contributed by atoms with van der Waals surface area (Å²) >= 11 is 1.72. The number of primary amides is 1. The Balaban J connectivity index is 1.51. The predicted molar refractivity (Wildman–Crippen MR) is 103 cm³/mol. The van der Waals surface area contributed by atoms with Crippen LogP contribution >= 0.6 is 11.3 Å². The van der Waals surface area contributed by atoms with Crippen LogP contribution in [0.15, 0.2) is 36.7 Å². The van der Waals surface area contributed by atoms with E-state index in [0.29, 0.717) is 5.82 Å². The van der Waals surface area contributed by atoms with Crippen LogP contribution < -0.4 is 5.73 Å². The molecule has 1 aromatic carbocycles. The second-order valence-electron chi connectivity index (χ2n) is 6.30. The molecule has 0 aliphatic rings. The summed E-state index contributed by atoms with van der Waals surface area (Å²) in [6.07, 6.45) is 6.08. The van der Waals surface area contributed by atoms with E-state index < -0.39 is 5.91 Å². The molecule has 9 heteroatoms. The Morgan fingerprint density at radius 1 is 1.22 bits per heavy atom. The van der Waals surface area contributed by atoms with E-state index in [2.05, 4.69) is 26.2 Å². The van der Waals surface area contributed by atoms with Crippen molar-refractivity contribution in [3.63, 3.8) is 0 Å². The van der Waals surface area contributed by atoms with Crippen LogP contribution in [0, 0.1) is 0 Å². The third kappa shape index (κ3) is 3.87. The average molecular weight is 381 g/mol. The number of carbonyl (C=O) groups excluding carboxylic acids is 1. The molecule has 138 valence electrons. The molecule has 3 heterocycles. The molecular weight excluding hydrogens is 362 g/mol. The monoisotopic (exact) mass is 381 g/mol. The number of thiazole rings is 1. The molecule has 1 amide bonds. The minimum Gasteiger partial charge on any atom is -0.369 e. The minimum atomic E-state index is -0.445. The highest BCUT2D eigenvalue weighted by molar-refractivity contribution is 7.18. The number of rotatable bonds is 7. The van der Waals surface area contributed by atoms with Crippen molar-refractivity contribution in [3.8, 4) is 5.69 Å². The van der Waals surface area contributed by atoms with Crippen LogP contribution in [0.5, 0.6) is 0 Å². The van der Waals surface area contributed by atoms with E-state index in [1.54, 1.807) is 26.9 Å². The van der Waals surface area contributed by atoms with Crippen molar-refractivity contribution in [2.24, 2.45) is 12.8 Å². The molecule has 0 aliphatic carbocycles. The molecule has 0 radical (unpaired) electrons. The molecule has 0 atom stereocenters. The fourth-order valence-corrected chi connectivity index (χ4v) is 3.94. The van der Waals surface area contributed by atoms with Gasteiger partial charge >= 0.3 is 0 Å². The van der Waals surface area contributed by atoms with Gasteiger partial charge in [0.05, 0.1) is 34.0 Å². The van der Waals surface area contributed by atoms with Gasteiger partial charge in [0.1, 0.15) is 11.5 Å². The van der Waals surface area contributed by atoms with E-state index in [1.165, 1.54) is 4.70 Å². The summed E-state index contributed by atoms with van der Waals surface area (Å²) in [4.78, 5) is 20.4. The summed E-state index contributed by atoms with van der Waals surface area (Å²) in [5, 5.41) is 9.73. The number of nitrogens with zero attached hydrogens (tertiary/aromatic N) is 6. The van der Waals surface area contributed by atoms with E-state index in [4.69, 9.17) is 5.73 Å². The summed E-state index contributed by atoms with van der Waals surface area (Å²) in [6, 6.07) is 8.15. The zero-order chi connectivity index (χ0) is 18.8. The van der Waals surface area contributed by atoms with Gasteiger partial charge < -0.3 is 5.73 Å². The molecule has 0 unspecified atom stereocenters. The summed E-state index contributed by atoms with van der Waals surface area (Å²) in [5.41, 5.74) is 7.14. The van der Waals surface area contributed by atoms with Gasteiger partial charge in [-0.15, -0.1) is 11.3 Å². The Morgan fingerprint density at radius 3 is 2.81 bits per heavy atom. The standard InChI is InChI=1S/C18H19N7OS/c1-24-11-12(10-20-24)25-17(22-16(23-25)9-15(19)26)7-4-8-18-21-13-5-2-3-6-14(13)27-18/h2-3,5-6,10-11H,4,7-9H2,1H3,(H2,19,26). The van der Waals surface area contributed by atoms with Crippen molar-refractivity contribution in [3.05, 3.63) is 53.3 Å². The van der Waals surface area contributed by atoms with Gasteiger partial charge in [-0.3, -0.25) is 9.48 Å². The van der Waals surface area contributed by atoms with Crippen LogP contribution in [0.3, 0.4) is 0 Å². The molecular formula is C18H19N7OS. The second kappa shape index (κ2) is 7.28. The number of carbonyl (C=O) groups is 1. The van der Waals surface area contributed by atoms with Crippen molar-refractivity contribution in [1.29, 1.82) is 0 Å². The molecule has 0 saturated carbocycles. The first-order valence-electron chi connectivity index (χ1n) is 8.65. The molecule has 3 aromatic heterocycles. The number of benzene rings is 1. The normalized spacial score (nSPS) is 11.3. The maximum absolute atomic E-state index is 11.2. The highest BCUT2D eigenvalue weighted by Gasteiger charge is 2.15. The Bertz CT molecular complexity index is 1060. The van der Waals surface area contributed by atoms with Crippen LogP contribution in [0.1, 0.15) is 23.1 Å². The van der Waals surface area contributed by atoms with Crippen LogP contribution in [0.2, 0.25) is 0 Å². The number of aromatic nitrogens is 6. The molecule has 8 nitrogen and oxygen atoms in total. The highest BCUT2D eigenvalue weighted by Crippen LogP contribution is 2.23. The molecule has 0 spiro atoms. The van der Waals surface area contributed by atoms with Gasteiger partial charge in [-0.05, 0) is 25.0 Å². The Kier molecular flexibility index (Phi) is 4.68. The fraction of sp³-hybridized carbons (Fsp3) is 0.278. The maximum atomic E-state index is 11.2. The number of fused-ring (bicyclic) bond motifs is 1. The first-order valence-corrected chi connectivity index (χ1v) is 9.47. The number of aryl methyl sites for hydroxylation is 3. The van der Waals surface area contributed by atoms with Gasteiger partial charge in [-0.25, -0.2) is 14.6 Å². The van der Waals surface area contributed by atoms with Crippen molar-refractivity contribution in [2.45, 2.75) is 25.7 Å². The fourth-order valence-electron chi connectivity index (χ4n) is 2.93. The van der Waals surface area contributed by atoms with Crippen LogP contribution in [-0.2, 0) is 31.1 Å². The zero-order valence-electron chi connectivity index (χ0n) is 14.9. The molecule has 4 aromatic rings. The summed E-state index contributed by atoms with van der Waals surface area (Å²) in [6.45, 7) is 0. The third-order valence-corrected chi connectivity index (χ3v) is 5.21. The first-order chi connectivity index (χ1) is 13.1. The van der Waals surface area contributed by atoms with Gasteiger partial charge in [0.15, 0.2) is 5.82 Å². The molecule has 2 N–H and O–H groups in total. The third-order valence-electron chi connectivity index (χ3n) is 4.12.